The normalized spacial score (nSPS) is 42.4. The monoisotopic (exact) mass is 182 g/mol. The van der Waals surface area contributed by atoms with Gasteiger partial charge in [0.1, 0.15) is 0 Å². The molecule has 2 saturated heterocycles. The molecule has 0 unspecified atom stereocenters. The fourth-order valence-corrected chi connectivity index (χ4v) is 2.19. The minimum Gasteiger partial charge on any atom is -0.350 e. The maximum atomic E-state index is 5.62. The van der Waals surface area contributed by atoms with Gasteiger partial charge in [-0.05, 0) is 27.2 Å². The van der Waals surface area contributed by atoms with E-state index in [1.807, 2.05) is 6.92 Å². The third-order valence-corrected chi connectivity index (χ3v) is 3.01. The zero-order valence-electron chi connectivity index (χ0n) is 8.72. The predicted molar refractivity (Wildman–Crippen MR) is 51.4 cm³/mol. The quantitative estimate of drug-likeness (QED) is 0.611. The molecule has 2 bridgehead atoms. The third kappa shape index (κ3) is 1.65. The van der Waals surface area contributed by atoms with Crippen LogP contribution < -0.4 is 0 Å². The van der Waals surface area contributed by atoms with Crippen molar-refractivity contribution in [3.8, 4) is 0 Å². The number of fused-ring (bicyclic) bond motifs is 2. The van der Waals surface area contributed by atoms with Crippen molar-refractivity contribution in [3.63, 3.8) is 0 Å². The largest absolute Gasteiger partial charge is 0.350 e. The van der Waals surface area contributed by atoms with Crippen LogP contribution >= 0.6 is 0 Å². The highest BCUT2D eigenvalue weighted by atomic mass is 16.7. The summed E-state index contributed by atoms with van der Waals surface area (Å²) in [6.07, 6.45) is 4.46. The molecule has 0 amide bonds. The molecule has 0 saturated carbocycles. The van der Waals surface area contributed by atoms with Gasteiger partial charge < -0.3 is 9.47 Å². The summed E-state index contributed by atoms with van der Waals surface area (Å²) in [7, 11) is 0. The lowest BCUT2D eigenvalue weighted by molar-refractivity contribution is -0.210. The van der Waals surface area contributed by atoms with Crippen LogP contribution in [0.3, 0.4) is 0 Å². The van der Waals surface area contributed by atoms with Crippen LogP contribution in [0, 0.1) is 5.41 Å². The van der Waals surface area contributed by atoms with Crippen LogP contribution in [0.15, 0.2) is 11.6 Å². The van der Waals surface area contributed by atoms with Gasteiger partial charge >= 0.3 is 0 Å². The van der Waals surface area contributed by atoms with Gasteiger partial charge in [0.2, 0.25) is 0 Å². The Morgan fingerprint density at radius 3 is 2.31 bits per heavy atom. The highest BCUT2D eigenvalue weighted by Gasteiger charge is 2.53. The van der Waals surface area contributed by atoms with E-state index in [0.717, 1.165) is 26.1 Å². The number of allylic oxidation sites excluding steroid dienone is 2. The lowest BCUT2D eigenvalue weighted by Crippen LogP contribution is -2.29. The minimum atomic E-state index is -0.268. The second kappa shape index (κ2) is 2.82. The van der Waals surface area contributed by atoms with E-state index in [-0.39, 0.29) is 11.2 Å². The highest BCUT2D eigenvalue weighted by molar-refractivity contribution is 5.04. The molecule has 2 nitrogen and oxygen atoms in total. The molecule has 2 fully saturated rings. The van der Waals surface area contributed by atoms with E-state index in [2.05, 4.69) is 19.9 Å². The molecule has 0 atom stereocenters. The first-order valence-electron chi connectivity index (χ1n) is 4.95. The summed E-state index contributed by atoms with van der Waals surface area (Å²) in [6, 6.07) is 0. The van der Waals surface area contributed by atoms with Gasteiger partial charge in [0.05, 0.1) is 13.2 Å². The van der Waals surface area contributed by atoms with Gasteiger partial charge in [-0.1, -0.05) is 11.6 Å². The average Bonchev–Trinajstić information content (AvgIpc) is 2.55. The van der Waals surface area contributed by atoms with Gasteiger partial charge in [-0.25, -0.2) is 0 Å². The molecule has 74 valence electrons. The summed E-state index contributed by atoms with van der Waals surface area (Å²) >= 11 is 0. The van der Waals surface area contributed by atoms with E-state index in [1.54, 1.807) is 0 Å². The second-order valence-electron chi connectivity index (χ2n) is 4.87. The topological polar surface area (TPSA) is 18.5 Å². The summed E-state index contributed by atoms with van der Waals surface area (Å²) in [5.74, 6) is -0.268. The Bertz CT molecular complexity index is 230. The molecule has 0 radical (unpaired) electrons. The molecule has 0 aromatic carbocycles. The zero-order valence-corrected chi connectivity index (χ0v) is 8.72. The molecule has 0 N–H and O–H groups in total. The Morgan fingerprint density at radius 2 is 1.92 bits per heavy atom. The number of rotatable bonds is 2. The van der Waals surface area contributed by atoms with Crippen LogP contribution in [0.2, 0.25) is 0 Å². The zero-order chi connectivity index (χ0) is 9.53. The van der Waals surface area contributed by atoms with Crippen molar-refractivity contribution in [1.82, 2.24) is 0 Å². The molecule has 2 rings (SSSR count). The van der Waals surface area contributed by atoms with Gasteiger partial charge in [-0.2, -0.15) is 0 Å². The van der Waals surface area contributed by atoms with Gasteiger partial charge in [-0.15, -0.1) is 0 Å². The molecule has 2 aliphatic rings. The maximum Gasteiger partial charge on any atom is 0.166 e. The smallest absolute Gasteiger partial charge is 0.166 e. The molecule has 0 aromatic rings. The molecule has 2 heterocycles. The fraction of sp³-hybridized carbons (Fsp3) is 0.818. The summed E-state index contributed by atoms with van der Waals surface area (Å²) in [5.41, 5.74) is 1.67. The van der Waals surface area contributed by atoms with Gasteiger partial charge in [0.25, 0.3) is 0 Å². The molecule has 2 aliphatic heterocycles. The summed E-state index contributed by atoms with van der Waals surface area (Å²) in [5, 5.41) is 0. The standard InChI is InChI=1S/C11H18O2/c1-9(2)4-5-11-6-10(3,12-7-11)13-8-11/h4H,5-8H2,1-3H3. The highest BCUT2D eigenvalue weighted by Crippen LogP contribution is 2.49. The van der Waals surface area contributed by atoms with Crippen LogP contribution in [0.25, 0.3) is 0 Å². The maximum absolute atomic E-state index is 5.62. The minimum absolute atomic E-state index is 0.268. The third-order valence-electron chi connectivity index (χ3n) is 3.01. The fourth-order valence-electron chi connectivity index (χ4n) is 2.19. The van der Waals surface area contributed by atoms with Crippen molar-refractivity contribution < 1.29 is 9.47 Å². The molecule has 13 heavy (non-hydrogen) atoms. The van der Waals surface area contributed by atoms with Crippen LogP contribution in [-0.2, 0) is 9.47 Å². The van der Waals surface area contributed by atoms with Crippen LogP contribution in [0.5, 0.6) is 0 Å². The Kier molecular flexibility index (Phi) is 2.00. The second-order valence-corrected chi connectivity index (χ2v) is 4.87. The van der Waals surface area contributed by atoms with E-state index in [4.69, 9.17) is 9.47 Å². The van der Waals surface area contributed by atoms with E-state index >= 15 is 0 Å². The number of hydrogen-bond donors (Lipinski definition) is 0. The first-order chi connectivity index (χ1) is 6.04. The van der Waals surface area contributed by atoms with Crippen molar-refractivity contribution in [2.45, 2.75) is 39.4 Å². The number of hydrogen-bond acceptors (Lipinski definition) is 2. The Balaban J connectivity index is 2.04. The Labute approximate surface area is 79.9 Å². The summed E-state index contributed by atoms with van der Waals surface area (Å²) in [6.45, 7) is 8.06. The van der Waals surface area contributed by atoms with E-state index in [9.17, 15) is 0 Å². The lowest BCUT2D eigenvalue weighted by Gasteiger charge is -2.25. The van der Waals surface area contributed by atoms with Crippen LogP contribution in [-0.4, -0.2) is 19.0 Å². The van der Waals surface area contributed by atoms with Crippen molar-refractivity contribution in [2.24, 2.45) is 5.41 Å². The Morgan fingerprint density at radius 1 is 1.31 bits per heavy atom. The SMILES string of the molecule is CC(C)=CCC12COC(C)(C1)OC2. The first-order valence-corrected chi connectivity index (χ1v) is 4.95. The van der Waals surface area contributed by atoms with Crippen molar-refractivity contribution in [3.05, 3.63) is 11.6 Å². The van der Waals surface area contributed by atoms with Gasteiger partial charge in [0.15, 0.2) is 5.79 Å². The van der Waals surface area contributed by atoms with Crippen molar-refractivity contribution >= 4 is 0 Å². The molecule has 2 heteroatoms. The Hall–Kier alpha value is -0.340. The van der Waals surface area contributed by atoms with Gasteiger partial charge in [0, 0.05) is 11.8 Å². The average molecular weight is 182 g/mol. The molecule has 0 spiro atoms. The molecular formula is C11H18O2. The van der Waals surface area contributed by atoms with Crippen LogP contribution in [0.4, 0.5) is 0 Å². The molecule has 0 aliphatic carbocycles. The van der Waals surface area contributed by atoms with E-state index < -0.39 is 0 Å². The summed E-state index contributed by atoms with van der Waals surface area (Å²) in [4.78, 5) is 0. The van der Waals surface area contributed by atoms with Gasteiger partial charge in [-0.3, -0.25) is 0 Å². The van der Waals surface area contributed by atoms with Crippen LogP contribution in [0.1, 0.15) is 33.6 Å². The van der Waals surface area contributed by atoms with E-state index in [0.29, 0.717) is 0 Å². The predicted octanol–water partition coefficient (Wildman–Crippen LogP) is 2.50. The molecule has 0 aromatic heterocycles. The van der Waals surface area contributed by atoms with Crippen molar-refractivity contribution in [1.29, 1.82) is 0 Å². The van der Waals surface area contributed by atoms with Crippen molar-refractivity contribution in [2.75, 3.05) is 13.2 Å². The first kappa shape index (κ1) is 9.22. The van der Waals surface area contributed by atoms with E-state index in [1.165, 1.54) is 5.57 Å². The molecular weight excluding hydrogens is 164 g/mol. The summed E-state index contributed by atoms with van der Waals surface area (Å²) < 4.78 is 11.2. The lowest BCUT2D eigenvalue weighted by atomic mass is 9.84. The number of ether oxygens (including phenoxy) is 2.